The molecule has 1 aliphatic rings. The van der Waals surface area contributed by atoms with Gasteiger partial charge in [0, 0.05) is 46.2 Å². The number of halogens is 1. The lowest BCUT2D eigenvalue weighted by molar-refractivity contribution is -0.120. The van der Waals surface area contributed by atoms with Gasteiger partial charge < -0.3 is 5.32 Å². The molecule has 1 saturated carbocycles. The van der Waals surface area contributed by atoms with E-state index in [1.165, 1.54) is 18.4 Å². The molecule has 0 aliphatic heterocycles. The van der Waals surface area contributed by atoms with Crippen molar-refractivity contribution >= 4 is 28.3 Å². The fraction of sp³-hybridized carbons (Fsp3) is 0.562. The van der Waals surface area contributed by atoms with Crippen LogP contribution in [-0.4, -0.2) is 28.7 Å². The van der Waals surface area contributed by atoms with Gasteiger partial charge in [-0.15, -0.1) is 0 Å². The van der Waals surface area contributed by atoms with Crippen LogP contribution in [0.4, 0.5) is 0 Å². The molecule has 0 radical (unpaired) electrons. The first-order valence-electron chi connectivity index (χ1n) is 7.35. The molecule has 3 nitrogen and oxygen atoms in total. The molecule has 1 aromatic carbocycles. The molecule has 116 valence electrons. The largest absolute Gasteiger partial charge is 0.355 e. The maximum Gasteiger partial charge on any atom is 0.220 e. The Kier molecular flexibility index (Phi) is 5.82. The highest BCUT2D eigenvalue weighted by Crippen LogP contribution is 2.40. The maximum atomic E-state index is 11.9. The molecule has 1 N–H and O–H groups in total. The van der Waals surface area contributed by atoms with Crippen LogP contribution in [0.25, 0.3) is 0 Å². The van der Waals surface area contributed by atoms with Crippen LogP contribution < -0.4 is 5.32 Å². The minimum Gasteiger partial charge on any atom is -0.355 e. The van der Waals surface area contributed by atoms with E-state index in [1.807, 2.05) is 12.1 Å². The predicted octanol–water partition coefficient (Wildman–Crippen LogP) is 3.04. The fourth-order valence-corrected chi connectivity index (χ4v) is 3.61. The van der Waals surface area contributed by atoms with Crippen molar-refractivity contribution in [3.63, 3.8) is 0 Å². The number of benzene rings is 1. The van der Waals surface area contributed by atoms with Gasteiger partial charge in [-0.1, -0.05) is 36.6 Å². The minimum atomic E-state index is -0.916. The van der Waals surface area contributed by atoms with Crippen LogP contribution in [0.15, 0.2) is 24.3 Å². The van der Waals surface area contributed by atoms with Crippen LogP contribution in [0.5, 0.6) is 0 Å². The van der Waals surface area contributed by atoms with Crippen LogP contribution in [0.1, 0.15) is 37.7 Å². The van der Waals surface area contributed by atoms with Gasteiger partial charge in [0.25, 0.3) is 0 Å². The molecular weight excluding hydrogens is 306 g/mol. The summed E-state index contributed by atoms with van der Waals surface area (Å²) in [6.07, 6.45) is 6.53. The first-order chi connectivity index (χ1) is 10.0. The molecule has 1 aliphatic carbocycles. The summed E-state index contributed by atoms with van der Waals surface area (Å²) in [7, 11) is -0.916. The van der Waals surface area contributed by atoms with E-state index in [0.717, 1.165) is 17.9 Å². The van der Waals surface area contributed by atoms with E-state index >= 15 is 0 Å². The summed E-state index contributed by atoms with van der Waals surface area (Å²) in [6.45, 7) is 0.657. The zero-order valence-electron chi connectivity index (χ0n) is 12.4. The third-order valence-corrected chi connectivity index (χ3v) is 5.29. The Morgan fingerprint density at radius 1 is 1.29 bits per heavy atom. The van der Waals surface area contributed by atoms with E-state index in [4.69, 9.17) is 11.6 Å². The second-order valence-electron chi connectivity index (χ2n) is 5.80. The van der Waals surface area contributed by atoms with Crippen molar-refractivity contribution in [1.82, 2.24) is 5.32 Å². The number of nitrogens with one attached hydrogen (secondary N) is 1. The number of carbonyl (C=O) groups excluding carboxylic acids is 1. The molecule has 0 heterocycles. The fourth-order valence-electron chi connectivity index (χ4n) is 3.02. The average Bonchev–Trinajstić information content (AvgIpc) is 2.93. The van der Waals surface area contributed by atoms with Crippen molar-refractivity contribution < 1.29 is 9.00 Å². The highest BCUT2D eigenvalue weighted by Gasteiger charge is 2.35. The summed E-state index contributed by atoms with van der Waals surface area (Å²) < 4.78 is 11.0. The normalized spacial score (nSPS) is 18.4. The van der Waals surface area contributed by atoms with Crippen molar-refractivity contribution in [3.05, 3.63) is 34.9 Å². The van der Waals surface area contributed by atoms with Gasteiger partial charge in [0.1, 0.15) is 0 Å². The quantitative estimate of drug-likeness (QED) is 0.873. The van der Waals surface area contributed by atoms with Crippen LogP contribution in [0, 0.1) is 0 Å². The minimum absolute atomic E-state index is 0.00885. The van der Waals surface area contributed by atoms with Gasteiger partial charge in [0.05, 0.1) is 0 Å². The first-order valence-corrected chi connectivity index (χ1v) is 9.45. The Morgan fingerprint density at radius 2 is 1.90 bits per heavy atom. The van der Waals surface area contributed by atoms with Crippen LogP contribution in [0.3, 0.4) is 0 Å². The third kappa shape index (κ3) is 4.55. The van der Waals surface area contributed by atoms with Gasteiger partial charge in [0.2, 0.25) is 5.91 Å². The lowest BCUT2D eigenvalue weighted by Crippen LogP contribution is -2.39. The molecule has 5 heteroatoms. The zero-order chi connectivity index (χ0) is 15.3. The topological polar surface area (TPSA) is 46.2 Å². The zero-order valence-corrected chi connectivity index (χ0v) is 13.9. The summed E-state index contributed by atoms with van der Waals surface area (Å²) >= 11 is 5.96. The molecule has 1 fully saturated rings. The predicted molar refractivity (Wildman–Crippen MR) is 88.2 cm³/mol. The summed E-state index contributed by atoms with van der Waals surface area (Å²) in [5.74, 6) is 0.421. The van der Waals surface area contributed by atoms with Crippen molar-refractivity contribution in [2.75, 3.05) is 18.6 Å². The van der Waals surface area contributed by atoms with E-state index in [2.05, 4.69) is 17.4 Å². The standard InChI is InChI=1S/C16H22ClNO2S/c1-21(20)11-8-15(19)18-12-16(9-2-3-10-16)13-4-6-14(17)7-5-13/h4-7H,2-3,8-12H2,1H3,(H,18,19)/t21-/m1/s1. The van der Waals surface area contributed by atoms with Crippen LogP contribution in [0.2, 0.25) is 5.02 Å². The molecule has 1 atom stereocenters. The van der Waals surface area contributed by atoms with Crippen molar-refractivity contribution in [2.24, 2.45) is 0 Å². The van der Waals surface area contributed by atoms with E-state index < -0.39 is 10.8 Å². The first kappa shape index (κ1) is 16.5. The van der Waals surface area contributed by atoms with Crippen molar-refractivity contribution in [3.8, 4) is 0 Å². The smallest absolute Gasteiger partial charge is 0.220 e. The van der Waals surface area contributed by atoms with E-state index in [1.54, 1.807) is 6.26 Å². The molecule has 0 unspecified atom stereocenters. The Labute approximate surface area is 133 Å². The number of hydrogen-bond acceptors (Lipinski definition) is 2. The summed E-state index contributed by atoms with van der Waals surface area (Å²) in [5.41, 5.74) is 1.29. The third-order valence-electron chi connectivity index (χ3n) is 4.26. The molecule has 1 amide bonds. The van der Waals surface area contributed by atoms with Crippen molar-refractivity contribution in [2.45, 2.75) is 37.5 Å². The van der Waals surface area contributed by atoms with Gasteiger partial charge in [-0.3, -0.25) is 9.00 Å². The Morgan fingerprint density at radius 3 is 2.48 bits per heavy atom. The van der Waals surface area contributed by atoms with Crippen LogP contribution >= 0.6 is 11.6 Å². The van der Waals surface area contributed by atoms with E-state index in [9.17, 15) is 9.00 Å². The number of amides is 1. The monoisotopic (exact) mass is 327 g/mol. The van der Waals surface area contributed by atoms with Gasteiger partial charge in [0.15, 0.2) is 0 Å². The molecule has 0 saturated heterocycles. The Balaban J connectivity index is 2.00. The number of hydrogen-bond donors (Lipinski definition) is 1. The summed E-state index contributed by atoms with van der Waals surface area (Å²) in [4.78, 5) is 11.9. The molecule has 21 heavy (non-hydrogen) atoms. The molecule has 1 aromatic rings. The Hall–Kier alpha value is -0.870. The molecule has 2 rings (SSSR count). The SMILES string of the molecule is C[S@@](=O)CCC(=O)NCC1(c2ccc(Cl)cc2)CCCC1. The molecule has 0 spiro atoms. The van der Waals surface area contributed by atoms with Crippen LogP contribution in [-0.2, 0) is 21.0 Å². The molecule has 0 bridgehead atoms. The van der Waals surface area contributed by atoms with Gasteiger partial charge in [-0.25, -0.2) is 0 Å². The highest BCUT2D eigenvalue weighted by molar-refractivity contribution is 7.84. The van der Waals surface area contributed by atoms with E-state index in [0.29, 0.717) is 18.7 Å². The second kappa shape index (κ2) is 7.41. The number of rotatable bonds is 6. The Bertz CT molecular complexity index is 510. The van der Waals surface area contributed by atoms with Gasteiger partial charge in [-0.2, -0.15) is 0 Å². The summed E-state index contributed by atoms with van der Waals surface area (Å²) in [6, 6.07) is 7.97. The molecule has 0 aromatic heterocycles. The van der Waals surface area contributed by atoms with E-state index in [-0.39, 0.29) is 11.3 Å². The number of carbonyl (C=O) groups is 1. The summed E-state index contributed by atoms with van der Waals surface area (Å²) in [5, 5.41) is 3.76. The van der Waals surface area contributed by atoms with Gasteiger partial charge >= 0.3 is 0 Å². The average molecular weight is 328 g/mol. The highest BCUT2D eigenvalue weighted by atomic mass is 35.5. The lowest BCUT2D eigenvalue weighted by atomic mass is 9.79. The maximum absolute atomic E-state index is 11.9. The molecular formula is C16H22ClNO2S. The lowest BCUT2D eigenvalue weighted by Gasteiger charge is -2.30. The van der Waals surface area contributed by atoms with Crippen molar-refractivity contribution in [1.29, 1.82) is 0 Å². The second-order valence-corrected chi connectivity index (χ2v) is 7.79. The van der Waals surface area contributed by atoms with Gasteiger partial charge in [-0.05, 0) is 30.5 Å².